The number of ether oxygens (including phenoxy) is 2. The Labute approximate surface area is 120 Å². The Kier molecular flexibility index (Phi) is 4.69. The van der Waals surface area contributed by atoms with E-state index in [0.717, 1.165) is 20.8 Å². The smallest absolute Gasteiger partial charge is 0.122 e. The normalized spacial score (nSPS) is 10.1. The Morgan fingerprint density at radius 3 is 2.22 bits per heavy atom. The predicted octanol–water partition coefficient (Wildman–Crippen LogP) is 3.33. The van der Waals surface area contributed by atoms with Gasteiger partial charge < -0.3 is 15.2 Å². The van der Waals surface area contributed by atoms with E-state index in [1.807, 2.05) is 48.5 Å². The minimum absolute atomic E-state index is 0.509. The summed E-state index contributed by atoms with van der Waals surface area (Å²) in [6.07, 6.45) is 0. The Balaban J connectivity index is 1.74. The van der Waals surface area contributed by atoms with E-state index in [4.69, 9.17) is 15.2 Å². The summed E-state index contributed by atoms with van der Waals surface area (Å²) in [5.41, 5.74) is 6.32. The zero-order valence-corrected chi connectivity index (χ0v) is 12.0. The van der Waals surface area contributed by atoms with Gasteiger partial charge in [0.05, 0.1) is 0 Å². The highest BCUT2D eigenvalue weighted by Crippen LogP contribution is 2.15. The quantitative estimate of drug-likeness (QED) is 0.508. The average molecular weight is 355 g/mol. The molecule has 0 radical (unpaired) electrons. The molecule has 0 aliphatic carbocycles. The second kappa shape index (κ2) is 6.49. The molecule has 4 heteroatoms. The van der Waals surface area contributed by atoms with Crippen molar-refractivity contribution in [2.45, 2.75) is 0 Å². The van der Waals surface area contributed by atoms with Gasteiger partial charge in [-0.1, -0.05) is 6.07 Å². The molecule has 18 heavy (non-hydrogen) atoms. The molecule has 0 unspecified atom stereocenters. The highest BCUT2D eigenvalue weighted by Gasteiger charge is 1.96. The van der Waals surface area contributed by atoms with Crippen LogP contribution >= 0.6 is 22.6 Å². The van der Waals surface area contributed by atoms with Crippen LogP contribution in [0.4, 0.5) is 5.69 Å². The molecule has 0 fully saturated rings. The van der Waals surface area contributed by atoms with Gasteiger partial charge in [0, 0.05) is 9.26 Å². The number of halogens is 1. The van der Waals surface area contributed by atoms with Gasteiger partial charge in [0.25, 0.3) is 0 Å². The Bertz CT molecular complexity index is 499. The molecule has 2 N–H and O–H groups in total. The van der Waals surface area contributed by atoms with Gasteiger partial charge in [0.1, 0.15) is 24.7 Å². The summed E-state index contributed by atoms with van der Waals surface area (Å²) in [4.78, 5) is 0. The number of anilines is 1. The lowest BCUT2D eigenvalue weighted by atomic mass is 10.3. The first kappa shape index (κ1) is 13.0. The third-order valence-electron chi connectivity index (χ3n) is 2.30. The van der Waals surface area contributed by atoms with Crippen LogP contribution in [0.25, 0.3) is 0 Å². The van der Waals surface area contributed by atoms with E-state index in [9.17, 15) is 0 Å². The van der Waals surface area contributed by atoms with E-state index in [0.29, 0.717) is 13.2 Å². The predicted molar refractivity (Wildman–Crippen MR) is 81.0 cm³/mol. The van der Waals surface area contributed by atoms with E-state index in [1.54, 1.807) is 0 Å². The number of rotatable bonds is 5. The number of nitrogens with two attached hydrogens (primary N) is 1. The molecule has 0 amide bonds. The van der Waals surface area contributed by atoms with Crippen molar-refractivity contribution in [1.82, 2.24) is 0 Å². The Morgan fingerprint density at radius 1 is 0.889 bits per heavy atom. The van der Waals surface area contributed by atoms with Gasteiger partial charge in [-0.25, -0.2) is 0 Å². The molecule has 2 rings (SSSR count). The van der Waals surface area contributed by atoms with E-state index in [-0.39, 0.29) is 0 Å². The summed E-state index contributed by atoms with van der Waals surface area (Å²) in [5.74, 6) is 1.67. The van der Waals surface area contributed by atoms with Crippen molar-refractivity contribution >= 4 is 28.3 Å². The highest BCUT2D eigenvalue weighted by molar-refractivity contribution is 14.1. The molecule has 0 atom stereocenters. The van der Waals surface area contributed by atoms with E-state index in [2.05, 4.69) is 22.6 Å². The monoisotopic (exact) mass is 355 g/mol. The van der Waals surface area contributed by atoms with Gasteiger partial charge in [0.2, 0.25) is 0 Å². The lowest BCUT2D eigenvalue weighted by Gasteiger charge is -2.08. The molecule has 0 saturated carbocycles. The van der Waals surface area contributed by atoms with Gasteiger partial charge in [-0.05, 0) is 65.1 Å². The van der Waals surface area contributed by atoms with E-state index >= 15 is 0 Å². The second-order valence-corrected chi connectivity index (χ2v) is 4.97. The number of hydrogen-bond donors (Lipinski definition) is 1. The van der Waals surface area contributed by atoms with Crippen molar-refractivity contribution in [2.24, 2.45) is 0 Å². The zero-order valence-electron chi connectivity index (χ0n) is 9.80. The van der Waals surface area contributed by atoms with E-state index < -0.39 is 0 Å². The maximum atomic E-state index is 5.59. The fourth-order valence-corrected chi connectivity index (χ4v) is 1.95. The lowest BCUT2D eigenvalue weighted by molar-refractivity contribution is 0.217. The van der Waals surface area contributed by atoms with Gasteiger partial charge in [-0.3, -0.25) is 0 Å². The summed E-state index contributed by atoms with van der Waals surface area (Å²) in [6, 6.07) is 15.2. The molecule has 2 aromatic rings. The molecule has 0 aromatic heterocycles. The first-order chi connectivity index (χ1) is 8.74. The molecular weight excluding hydrogens is 341 g/mol. The lowest BCUT2D eigenvalue weighted by Crippen LogP contribution is -2.09. The summed E-state index contributed by atoms with van der Waals surface area (Å²) >= 11 is 2.26. The summed E-state index contributed by atoms with van der Waals surface area (Å²) in [6.45, 7) is 1.03. The van der Waals surface area contributed by atoms with Crippen molar-refractivity contribution in [3.63, 3.8) is 0 Å². The van der Waals surface area contributed by atoms with Crippen molar-refractivity contribution in [3.05, 3.63) is 52.1 Å². The van der Waals surface area contributed by atoms with Crippen LogP contribution < -0.4 is 15.2 Å². The number of hydrogen-bond acceptors (Lipinski definition) is 3. The van der Waals surface area contributed by atoms with Crippen LogP contribution in [0.2, 0.25) is 0 Å². The topological polar surface area (TPSA) is 44.5 Å². The molecule has 3 nitrogen and oxygen atoms in total. The molecule has 0 bridgehead atoms. The van der Waals surface area contributed by atoms with Crippen LogP contribution in [0.1, 0.15) is 0 Å². The maximum Gasteiger partial charge on any atom is 0.122 e. The standard InChI is InChI=1S/C14H14INO2/c15-11-2-1-3-14(10-11)18-9-8-17-13-6-4-12(16)5-7-13/h1-7,10H,8-9,16H2. The summed E-state index contributed by atoms with van der Waals surface area (Å²) in [7, 11) is 0. The van der Waals surface area contributed by atoms with Crippen LogP contribution in [0, 0.1) is 3.57 Å². The fourth-order valence-electron chi connectivity index (χ4n) is 1.44. The minimum Gasteiger partial charge on any atom is -0.490 e. The van der Waals surface area contributed by atoms with Crippen LogP contribution in [0.5, 0.6) is 11.5 Å². The summed E-state index contributed by atoms with van der Waals surface area (Å²) in [5, 5.41) is 0. The van der Waals surface area contributed by atoms with Crippen molar-refractivity contribution < 1.29 is 9.47 Å². The Morgan fingerprint density at radius 2 is 1.56 bits per heavy atom. The molecule has 2 aromatic carbocycles. The molecule has 0 aliphatic heterocycles. The van der Waals surface area contributed by atoms with Gasteiger partial charge in [-0.15, -0.1) is 0 Å². The first-order valence-electron chi connectivity index (χ1n) is 5.61. The average Bonchev–Trinajstić information content (AvgIpc) is 2.37. The molecule has 0 aliphatic rings. The molecular formula is C14H14INO2. The fraction of sp³-hybridized carbons (Fsp3) is 0.143. The van der Waals surface area contributed by atoms with Crippen molar-refractivity contribution in [2.75, 3.05) is 18.9 Å². The molecule has 0 saturated heterocycles. The SMILES string of the molecule is Nc1ccc(OCCOc2cccc(I)c2)cc1. The summed E-state index contributed by atoms with van der Waals surface area (Å²) < 4.78 is 12.3. The first-order valence-corrected chi connectivity index (χ1v) is 6.68. The van der Waals surface area contributed by atoms with Crippen LogP contribution in [-0.4, -0.2) is 13.2 Å². The number of nitrogen functional groups attached to an aromatic ring is 1. The van der Waals surface area contributed by atoms with Crippen molar-refractivity contribution in [3.8, 4) is 11.5 Å². The third-order valence-corrected chi connectivity index (χ3v) is 2.97. The van der Waals surface area contributed by atoms with Crippen LogP contribution in [0.15, 0.2) is 48.5 Å². The molecule has 94 valence electrons. The molecule has 0 spiro atoms. The molecule has 0 heterocycles. The number of benzene rings is 2. The third kappa shape index (κ3) is 4.10. The maximum absolute atomic E-state index is 5.59. The van der Waals surface area contributed by atoms with Crippen molar-refractivity contribution in [1.29, 1.82) is 0 Å². The van der Waals surface area contributed by atoms with Gasteiger partial charge in [0.15, 0.2) is 0 Å². The second-order valence-electron chi connectivity index (χ2n) is 3.72. The zero-order chi connectivity index (χ0) is 12.8. The Hall–Kier alpha value is -1.43. The minimum atomic E-state index is 0.509. The van der Waals surface area contributed by atoms with Gasteiger partial charge >= 0.3 is 0 Å². The largest absolute Gasteiger partial charge is 0.490 e. The highest BCUT2D eigenvalue weighted by atomic mass is 127. The van der Waals surface area contributed by atoms with Crippen LogP contribution in [-0.2, 0) is 0 Å². The van der Waals surface area contributed by atoms with Gasteiger partial charge in [-0.2, -0.15) is 0 Å². The van der Waals surface area contributed by atoms with Crippen LogP contribution in [0.3, 0.4) is 0 Å². The van der Waals surface area contributed by atoms with E-state index in [1.165, 1.54) is 0 Å².